The zero-order chi connectivity index (χ0) is 10.4. The van der Waals surface area contributed by atoms with Crippen molar-refractivity contribution in [2.45, 2.75) is 12.5 Å². The number of benzene rings is 1. The number of nitrogens with zero attached hydrogens (tertiary/aromatic N) is 2. The Morgan fingerprint density at radius 1 is 1.53 bits per heavy atom. The van der Waals surface area contributed by atoms with Crippen molar-refractivity contribution in [2.24, 2.45) is 5.73 Å². The van der Waals surface area contributed by atoms with Crippen LogP contribution in [0.25, 0.3) is 11.0 Å². The van der Waals surface area contributed by atoms with Crippen LogP contribution in [0.15, 0.2) is 29.2 Å². The molecule has 1 aromatic heterocycles. The number of aromatic nitrogens is 2. The van der Waals surface area contributed by atoms with Gasteiger partial charge < -0.3 is 10.3 Å². The summed E-state index contributed by atoms with van der Waals surface area (Å²) in [6, 6.07) is 5.92. The first kappa shape index (κ1) is 8.61. The Morgan fingerprint density at radius 3 is 3.20 bits per heavy atom. The Bertz CT molecular complexity index is 588. The number of para-hydroxylation sites is 1. The van der Waals surface area contributed by atoms with Crippen LogP contribution >= 0.6 is 0 Å². The number of hydrogen-bond donors (Lipinski definition) is 1. The molecule has 1 aliphatic rings. The van der Waals surface area contributed by atoms with E-state index in [0.29, 0.717) is 13.1 Å². The first-order chi connectivity index (χ1) is 7.31. The van der Waals surface area contributed by atoms with E-state index in [4.69, 9.17) is 5.73 Å². The highest BCUT2D eigenvalue weighted by Crippen LogP contribution is 2.30. The van der Waals surface area contributed by atoms with Gasteiger partial charge in [0.1, 0.15) is 0 Å². The van der Waals surface area contributed by atoms with Crippen molar-refractivity contribution in [1.82, 2.24) is 9.55 Å². The Morgan fingerprint density at radius 2 is 2.40 bits per heavy atom. The van der Waals surface area contributed by atoms with Crippen molar-refractivity contribution >= 4 is 11.0 Å². The third kappa shape index (κ3) is 1.05. The lowest BCUT2D eigenvalue weighted by molar-refractivity contribution is 0.607. The third-order valence-electron chi connectivity index (χ3n) is 3.02. The van der Waals surface area contributed by atoms with Gasteiger partial charge in [-0.2, -0.15) is 0 Å². The van der Waals surface area contributed by atoms with Gasteiger partial charge >= 0.3 is 0 Å². The fourth-order valence-electron chi connectivity index (χ4n) is 2.28. The fourth-order valence-corrected chi connectivity index (χ4v) is 2.28. The summed E-state index contributed by atoms with van der Waals surface area (Å²) in [5, 5.41) is 0. The van der Waals surface area contributed by atoms with Gasteiger partial charge in [0.15, 0.2) is 0 Å². The lowest BCUT2D eigenvalue weighted by Crippen LogP contribution is -2.20. The normalized spacial score (nSPS) is 18.6. The molecular formula is C11H11N3O. The topological polar surface area (TPSA) is 60.9 Å². The van der Waals surface area contributed by atoms with Gasteiger partial charge in [-0.3, -0.25) is 4.79 Å². The van der Waals surface area contributed by atoms with Crippen LogP contribution < -0.4 is 11.3 Å². The van der Waals surface area contributed by atoms with E-state index in [1.807, 2.05) is 18.2 Å². The summed E-state index contributed by atoms with van der Waals surface area (Å²) in [6.45, 7) is 1.26. The second kappa shape index (κ2) is 2.90. The van der Waals surface area contributed by atoms with Crippen molar-refractivity contribution in [1.29, 1.82) is 0 Å². The SMILES string of the molecule is NCC1Cn2c(=O)cnc3cccc1c32. The van der Waals surface area contributed by atoms with E-state index in [2.05, 4.69) is 4.98 Å². The fraction of sp³-hybridized carbons (Fsp3) is 0.273. The van der Waals surface area contributed by atoms with Crippen LogP contribution in [0.4, 0.5) is 0 Å². The van der Waals surface area contributed by atoms with E-state index in [1.54, 1.807) is 4.57 Å². The second-order valence-corrected chi connectivity index (χ2v) is 3.85. The lowest BCUT2D eigenvalue weighted by Gasteiger charge is -2.05. The van der Waals surface area contributed by atoms with Crippen molar-refractivity contribution in [3.63, 3.8) is 0 Å². The van der Waals surface area contributed by atoms with Gasteiger partial charge in [0.25, 0.3) is 5.56 Å². The quantitative estimate of drug-likeness (QED) is 0.728. The zero-order valence-electron chi connectivity index (χ0n) is 8.18. The van der Waals surface area contributed by atoms with Crippen molar-refractivity contribution in [3.05, 3.63) is 40.3 Å². The van der Waals surface area contributed by atoms with Gasteiger partial charge in [-0.15, -0.1) is 0 Å². The molecule has 15 heavy (non-hydrogen) atoms. The predicted molar refractivity (Wildman–Crippen MR) is 57.8 cm³/mol. The van der Waals surface area contributed by atoms with Crippen LogP contribution in [-0.2, 0) is 6.54 Å². The maximum absolute atomic E-state index is 11.6. The third-order valence-corrected chi connectivity index (χ3v) is 3.02. The minimum absolute atomic E-state index is 0.0362. The number of nitrogens with two attached hydrogens (primary N) is 1. The summed E-state index contributed by atoms with van der Waals surface area (Å²) in [7, 11) is 0. The molecule has 3 rings (SSSR count). The van der Waals surface area contributed by atoms with Crippen molar-refractivity contribution < 1.29 is 0 Å². The van der Waals surface area contributed by atoms with Gasteiger partial charge in [-0.05, 0) is 11.6 Å². The molecule has 4 heteroatoms. The molecule has 1 aliphatic heterocycles. The highest BCUT2D eigenvalue weighted by Gasteiger charge is 2.23. The first-order valence-electron chi connectivity index (χ1n) is 5.00. The van der Waals surface area contributed by atoms with Gasteiger partial charge in [-0.25, -0.2) is 4.98 Å². The number of hydrogen-bond acceptors (Lipinski definition) is 3. The molecule has 0 saturated heterocycles. The summed E-state index contributed by atoms with van der Waals surface area (Å²) < 4.78 is 1.77. The standard InChI is InChI=1S/C11H11N3O/c12-4-7-6-14-10(15)5-13-9-3-1-2-8(7)11(9)14/h1-3,5,7H,4,6,12H2. The predicted octanol–water partition coefficient (Wildman–Crippen LogP) is 0.452. The molecule has 0 aliphatic carbocycles. The van der Waals surface area contributed by atoms with E-state index in [0.717, 1.165) is 16.6 Å². The van der Waals surface area contributed by atoms with E-state index in [-0.39, 0.29) is 11.5 Å². The Labute approximate surface area is 86.4 Å². The van der Waals surface area contributed by atoms with Gasteiger partial charge in [0.05, 0.1) is 17.2 Å². The second-order valence-electron chi connectivity index (χ2n) is 3.85. The lowest BCUT2D eigenvalue weighted by atomic mass is 10.0. The molecule has 0 saturated carbocycles. The van der Waals surface area contributed by atoms with Gasteiger partial charge in [0.2, 0.25) is 0 Å². The zero-order valence-corrected chi connectivity index (χ0v) is 8.18. The van der Waals surface area contributed by atoms with Crippen LogP contribution in [0, 0.1) is 0 Å². The highest BCUT2D eigenvalue weighted by molar-refractivity contribution is 5.80. The molecule has 1 aromatic carbocycles. The van der Waals surface area contributed by atoms with Crippen molar-refractivity contribution in [3.8, 4) is 0 Å². The molecule has 2 N–H and O–H groups in total. The molecule has 0 radical (unpaired) electrons. The molecule has 0 amide bonds. The molecule has 0 fully saturated rings. The maximum Gasteiger partial charge on any atom is 0.269 e. The number of rotatable bonds is 1. The van der Waals surface area contributed by atoms with Crippen molar-refractivity contribution in [2.75, 3.05) is 6.54 Å². The van der Waals surface area contributed by atoms with Gasteiger partial charge in [-0.1, -0.05) is 12.1 Å². The first-order valence-corrected chi connectivity index (χ1v) is 5.00. The monoisotopic (exact) mass is 201 g/mol. The molecule has 1 atom stereocenters. The minimum atomic E-state index is -0.0362. The minimum Gasteiger partial charge on any atom is -0.330 e. The summed E-state index contributed by atoms with van der Waals surface area (Å²) in [5.41, 5.74) is 8.66. The average Bonchev–Trinajstić information content (AvgIpc) is 2.65. The molecule has 0 spiro atoms. The highest BCUT2D eigenvalue weighted by atomic mass is 16.1. The molecule has 4 nitrogen and oxygen atoms in total. The van der Waals surface area contributed by atoms with Crippen LogP contribution in [0.3, 0.4) is 0 Å². The molecule has 2 heterocycles. The Hall–Kier alpha value is -1.68. The summed E-state index contributed by atoms with van der Waals surface area (Å²) in [5.74, 6) is 0.255. The smallest absolute Gasteiger partial charge is 0.269 e. The maximum atomic E-state index is 11.6. The molecule has 76 valence electrons. The van der Waals surface area contributed by atoms with E-state index < -0.39 is 0 Å². The van der Waals surface area contributed by atoms with E-state index in [9.17, 15) is 4.79 Å². The van der Waals surface area contributed by atoms with Crippen LogP contribution in [0.2, 0.25) is 0 Å². The molecule has 0 bridgehead atoms. The van der Waals surface area contributed by atoms with Crippen LogP contribution in [0.1, 0.15) is 11.5 Å². The average molecular weight is 201 g/mol. The largest absolute Gasteiger partial charge is 0.330 e. The van der Waals surface area contributed by atoms with E-state index >= 15 is 0 Å². The summed E-state index contributed by atoms with van der Waals surface area (Å²) in [6.07, 6.45) is 1.38. The Kier molecular flexibility index (Phi) is 1.67. The summed E-state index contributed by atoms with van der Waals surface area (Å²) in [4.78, 5) is 15.8. The van der Waals surface area contributed by atoms with Crippen LogP contribution in [0.5, 0.6) is 0 Å². The molecule has 2 aromatic rings. The van der Waals surface area contributed by atoms with Gasteiger partial charge in [0, 0.05) is 19.0 Å². The molecule has 1 unspecified atom stereocenters. The van der Waals surface area contributed by atoms with Crippen LogP contribution in [-0.4, -0.2) is 16.1 Å². The summed E-state index contributed by atoms with van der Waals surface area (Å²) >= 11 is 0. The Balaban J connectivity index is 2.45. The van der Waals surface area contributed by atoms with E-state index in [1.165, 1.54) is 6.20 Å². The molecular weight excluding hydrogens is 190 g/mol.